The molecular formula is C8H13N3OS. The van der Waals surface area contributed by atoms with E-state index < -0.39 is 0 Å². The minimum Gasteiger partial charge on any atom is -0.383 e. The summed E-state index contributed by atoms with van der Waals surface area (Å²) in [5.74, 6) is 0.610. The highest BCUT2D eigenvalue weighted by Gasteiger charge is 2.21. The average Bonchev–Trinajstić information content (AvgIpc) is 2.53. The third-order valence-corrected chi connectivity index (χ3v) is 3.02. The molecule has 0 saturated carbocycles. The summed E-state index contributed by atoms with van der Waals surface area (Å²) in [5, 5.41) is 2.88. The molecule has 1 aromatic heterocycles. The van der Waals surface area contributed by atoms with Crippen LogP contribution >= 0.6 is 11.3 Å². The summed E-state index contributed by atoms with van der Waals surface area (Å²) >= 11 is 1.59. The molecule has 2 rings (SSSR count). The Morgan fingerprint density at radius 2 is 2.62 bits per heavy atom. The van der Waals surface area contributed by atoms with Crippen molar-refractivity contribution in [1.29, 1.82) is 0 Å². The molecule has 0 aliphatic carbocycles. The molecule has 0 amide bonds. The molecule has 1 unspecified atom stereocenters. The van der Waals surface area contributed by atoms with Crippen LogP contribution in [0.3, 0.4) is 0 Å². The minimum atomic E-state index is 0.402. The van der Waals surface area contributed by atoms with E-state index in [1.807, 2.05) is 5.38 Å². The predicted molar refractivity (Wildman–Crippen MR) is 54.2 cm³/mol. The van der Waals surface area contributed by atoms with Gasteiger partial charge in [0.25, 0.3) is 0 Å². The van der Waals surface area contributed by atoms with Crippen LogP contribution in [-0.4, -0.2) is 30.8 Å². The third kappa shape index (κ3) is 1.76. The lowest BCUT2D eigenvalue weighted by molar-refractivity contribution is 0.0989. The van der Waals surface area contributed by atoms with E-state index in [0.717, 1.165) is 24.9 Å². The summed E-state index contributed by atoms with van der Waals surface area (Å²) in [7, 11) is 0. The van der Waals surface area contributed by atoms with E-state index >= 15 is 0 Å². The monoisotopic (exact) mass is 199 g/mol. The van der Waals surface area contributed by atoms with Crippen LogP contribution in [0.4, 0.5) is 10.9 Å². The molecule has 4 nitrogen and oxygen atoms in total. The summed E-state index contributed by atoms with van der Waals surface area (Å²) < 4.78 is 5.34. The first-order chi connectivity index (χ1) is 6.27. The van der Waals surface area contributed by atoms with Gasteiger partial charge in [0.1, 0.15) is 5.82 Å². The summed E-state index contributed by atoms with van der Waals surface area (Å²) in [6.45, 7) is 4.61. The van der Waals surface area contributed by atoms with Crippen LogP contribution in [0.1, 0.15) is 6.92 Å². The maximum absolute atomic E-state index is 5.57. The lowest BCUT2D eigenvalue weighted by atomic mass is 10.3. The smallest absolute Gasteiger partial charge is 0.187 e. The van der Waals surface area contributed by atoms with E-state index in [2.05, 4.69) is 16.8 Å². The van der Waals surface area contributed by atoms with E-state index in [1.54, 1.807) is 11.3 Å². The second kappa shape index (κ2) is 3.51. The van der Waals surface area contributed by atoms with Crippen molar-refractivity contribution in [2.24, 2.45) is 0 Å². The predicted octanol–water partition coefficient (Wildman–Crippen LogP) is 0.950. The molecule has 1 aromatic rings. The molecule has 0 spiro atoms. The number of morpholine rings is 1. The third-order valence-electron chi connectivity index (χ3n) is 2.12. The largest absolute Gasteiger partial charge is 0.383 e. The van der Waals surface area contributed by atoms with Crippen molar-refractivity contribution in [1.82, 2.24) is 4.98 Å². The average molecular weight is 199 g/mol. The zero-order chi connectivity index (χ0) is 9.26. The Morgan fingerprint density at radius 1 is 1.77 bits per heavy atom. The molecule has 0 radical (unpaired) electrons. The molecular weight excluding hydrogens is 186 g/mol. The lowest BCUT2D eigenvalue weighted by Gasteiger charge is -2.32. The Bertz CT molecular complexity index is 289. The SMILES string of the molecule is CC1COCCN1c1nc(N)cs1. The van der Waals surface area contributed by atoms with E-state index in [1.165, 1.54) is 0 Å². The standard InChI is InChI=1S/C8H13N3OS/c1-6-4-12-3-2-11(6)8-10-7(9)5-13-8/h5-6H,2-4,9H2,1H3. The van der Waals surface area contributed by atoms with E-state index in [0.29, 0.717) is 11.9 Å². The van der Waals surface area contributed by atoms with Gasteiger partial charge < -0.3 is 15.4 Å². The second-order valence-corrected chi connectivity index (χ2v) is 4.01. The molecule has 13 heavy (non-hydrogen) atoms. The molecule has 72 valence electrons. The number of nitrogen functional groups attached to an aromatic ring is 1. The van der Waals surface area contributed by atoms with Crippen LogP contribution in [0.25, 0.3) is 0 Å². The zero-order valence-corrected chi connectivity index (χ0v) is 8.38. The fourth-order valence-electron chi connectivity index (χ4n) is 1.42. The molecule has 1 fully saturated rings. The number of aromatic nitrogens is 1. The van der Waals surface area contributed by atoms with Gasteiger partial charge >= 0.3 is 0 Å². The molecule has 1 atom stereocenters. The zero-order valence-electron chi connectivity index (χ0n) is 7.56. The number of nitrogens with zero attached hydrogens (tertiary/aromatic N) is 2. The van der Waals surface area contributed by atoms with Gasteiger partial charge in [-0.05, 0) is 6.92 Å². The van der Waals surface area contributed by atoms with Gasteiger partial charge in [0.05, 0.1) is 19.3 Å². The Hall–Kier alpha value is -0.810. The van der Waals surface area contributed by atoms with Crippen LogP contribution in [0.15, 0.2) is 5.38 Å². The van der Waals surface area contributed by atoms with Crippen molar-refractivity contribution < 1.29 is 4.74 Å². The number of nitrogens with two attached hydrogens (primary N) is 1. The molecule has 1 aliphatic heterocycles. The van der Waals surface area contributed by atoms with Gasteiger partial charge in [-0.15, -0.1) is 11.3 Å². The van der Waals surface area contributed by atoms with Crippen molar-refractivity contribution in [3.05, 3.63) is 5.38 Å². The maximum Gasteiger partial charge on any atom is 0.187 e. The molecule has 5 heteroatoms. The van der Waals surface area contributed by atoms with Gasteiger partial charge in [-0.25, -0.2) is 4.98 Å². The van der Waals surface area contributed by atoms with Crippen LogP contribution in [0, 0.1) is 0 Å². The molecule has 2 heterocycles. The van der Waals surface area contributed by atoms with Crippen molar-refractivity contribution in [2.45, 2.75) is 13.0 Å². The summed E-state index contributed by atoms with van der Waals surface area (Å²) in [6.07, 6.45) is 0. The highest BCUT2D eigenvalue weighted by Crippen LogP contribution is 2.24. The number of thiazole rings is 1. The Labute approximate surface area is 81.3 Å². The molecule has 1 saturated heterocycles. The Balaban J connectivity index is 2.14. The first-order valence-corrected chi connectivity index (χ1v) is 5.21. The van der Waals surface area contributed by atoms with E-state index in [-0.39, 0.29) is 0 Å². The van der Waals surface area contributed by atoms with Crippen LogP contribution in [-0.2, 0) is 4.74 Å². The molecule has 0 aromatic carbocycles. The van der Waals surface area contributed by atoms with Gasteiger partial charge in [0.15, 0.2) is 5.13 Å². The van der Waals surface area contributed by atoms with E-state index in [4.69, 9.17) is 10.5 Å². The van der Waals surface area contributed by atoms with Gasteiger partial charge in [0, 0.05) is 11.9 Å². The fourth-order valence-corrected chi connectivity index (χ4v) is 2.26. The fraction of sp³-hybridized carbons (Fsp3) is 0.625. The quantitative estimate of drug-likeness (QED) is 0.731. The van der Waals surface area contributed by atoms with Crippen molar-refractivity contribution >= 4 is 22.3 Å². The second-order valence-electron chi connectivity index (χ2n) is 3.17. The first kappa shape index (κ1) is 8.77. The van der Waals surface area contributed by atoms with Gasteiger partial charge in [-0.3, -0.25) is 0 Å². The number of ether oxygens (including phenoxy) is 1. The van der Waals surface area contributed by atoms with Crippen molar-refractivity contribution in [2.75, 3.05) is 30.4 Å². The van der Waals surface area contributed by atoms with Gasteiger partial charge in [-0.2, -0.15) is 0 Å². The molecule has 2 N–H and O–H groups in total. The number of anilines is 2. The van der Waals surface area contributed by atoms with Crippen molar-refractivity contribution in [3.63, 3.8) is 0 Å². The number of hydrogen-bond acceptors (Lipinski definition) is 5. The summed E-state index contributed by atoms with van der Waals surface area (Å²) in [4.78, 5) is 6.49. The van der Waals surface area contributed by atoms with Crippen LogP contribution in [0.5, 0.6) is 0 Å². The summed E-state index contributed by atoms with van der Waals surface area (Å²) in [5.41, 5.74) is 5.57. The Morgan fingerprint density at radius 3 is 3.23 bits per heavy atom. The maximum atomic E-state index is 5.57. The molecule has 0 bridgehead atoms. The van der Waals surface area contributed by atoms with Crippen molar-refractivity contribution in [3.8, 4) is 0 Å². The topological polar surface area (TPSA) is 51.4 Å². The van der Waals surface area contributed by atoms with Gasteiger partial charge in [0.2, 0.25) is 0 Å². The first-order valence-electron chi connectivity index (χ1n) is 4.33. The lowest BCUT2D eigenvalue weighted by Crippen LogP contribution is -2.43. The number of hydrogen-bond donors (Lipinski definition) is 1. The van der Waals surface area contributed by atoms with Crippen LogP contribution < -0.4 is 10.6 Å². The normalized spacial score (nSPS) is 23.5. The molecule has 1 aliphatic rings. The minimum absolute atomic E-state index is 0.402. The highest BCUT2D eigenvalue weighted by molar-refractivity contribution is 7.14. The van der Waals surface area contributed by atoms with Crippen LogP contribution in [0.2, 0.25) is 0 Å². The summed E-state index contributed by atoms with van der Waals surface area (Å²) in [6, 6.07) is 0.402. The number of rotatable bonds is 1. The van der Waals surface area contributed by atoms with E-state index in [9.17, 15) is 0 Å². The Kier molecular flexibility index (Phi) is 2.37. The highest BCUT2D eigenvalue weighted by atomic mass is 32.1. The van der Waals surface area contributed by atoms with Gasteiger partial charge in [-0.1, -0.05) is 0 Å².